The summed E-state index contributed by atoms with van der Waals surface area (Å²) in [6.07, 6.45) is -4.62. The van der Waals surface area contributed by atoms with Gasteiger partial charge in [0, 0.05) is 23.1 Å². The highest BCUT2D eigenvalue weighted by Crippen LogP contribution is 2.36. The van der Waals surface area contributed by atoms with Gasteiger partial charge in [0.2, 0.25) is 5.88 Å². The minimum absolute atomic E-state index is 0.0411. The summed E-state index contributed by atoms with van der Waals surface area (Å²) in [4.78, 5) is 12.1. The number of aromatic nitrogens is 2. The molecule has 0 aliphatic carbocycles. The number of hydrogen-bond acceptors (Lipinski definition) is 5. The Labute approximate surface area is 174 Å². The fraction of sp³-hybridized carbons (Fsp3) is 0.105. The Morgan fingerprint density at radius 3 is 2.17 bits per heavy atom. The van der Waals surface area contributed by atoms with Crippen molar-refractivity contribution in [2.24, 2.45) is 0 Å². The number of carbonyl (C=O) groups excluding carboxylic acids is 1. The monoisotopic (exact) mass is 437 g/mol. The number of methoxy groups -OCH3 is 1. The molecule has 1 aromatic heterocycles. The van der Waals surface area contributed by atoms with Gasteiger partial charge in [0.05, 0.1) is 17.7 Å². The van der Waals surface area contributed by atoms with Crippen LogP contribution in [0.25, 0.3) is 0 Å². The van der Waals surface area contributed by atoms with Crippen molar-refractivity contribution in [3.63, 3.8) is 0 Å². The largest absolute Gasteiger partial charge is 0.480 e. The van der Waals surface area contributed by atoms with E-state index in [1.54, 1.807) is 36.4 Å². The van der Waals surface area contributed by atoms with Crippen LogP contribution in [0.15, 0.2) is 54.6 Å². The van der Waals surface area contributed by atoms with Gasteiger partial charge in [-0.05, 0) is 48.5 Å². The highest BCUT2D eigenvalue weighted by atomic mass is 35.5. The van der Waals surface area contributed by atoms with E-state index in [0.717, 1.165) is 12.1 Å². The second-order valence-electron chi connectivity index (χ2n) is 5.93. The summed E-state index contributed by atoms with van der Waals surface area (Å²) in [7, 11) is 1.49. The molecule has 2 aromatic carbocycles. The number of hydrogen-bond donors (Lipinski definition) is 3. The summed E-state index contributed by atoms with van der Waals surface area (Å²) in [5.41, 5.74) is 0.0523. The molecule has 0 unspecified atom stereocenters. The molecule has 0 aliphatic rings. The molecule has 3 aromatic rings. The molecule has 0 saturated carbocycles. The molecule has 7 nitrogen and oxygen atoms in total. The summed E-state index contributed by atoms with van der Waals surface area (Å²) in [6, 6.07) is 12.4. The number of anilines is 4. The third-order valence-corrected chi connectivity index (χ3v) is 4.12. The second kappa shape index (κ2) is 8.87. The molecule has 0 saturated heterocycles. The van der Waals surface area contributed by atoms with Crippen molar-refractivity contribution in [3.05, 3.63) is 65.2 Å². The minimum Gasteiger partial charge on any atom is -0.480 e. The SMILES string of the molecule is COc1ccc(Nc2ccc(NC(=O)Nc3ccc(Cl)c(C(F)(F)F)c3)cc2)nn1. The Morgan fingerprint density at radius 2 is 1.57 bits per heavy atom. The summed E-state index contributed by atoms with van der Waals surface area (Å²) in [5, 5.41) is 15.2. The van der Waals surface area contributed by atoms with Gasteiger partial charge >= 0.3 is 12.2 Å². The van der Waals surface area contributed by atoms with E-state index in [2.05, 4.69) is 26.1 Å². The van der Waals surface area contributed by atoms with Crippen LogP contribution in [0.5, 0.6) is 5.88 Å². The first-order valence-electron chi connectivity index (χ1n) is 8.44. The number of rotatable bonds is 5. The third kappa shape index (κ3) is 5.51. The highest BCUT2D eigenvalue weighted by Gasteiger charge is 2.33. The zero-order valence-corrected chi connectivity index (χ0v) is 16.2. The highest BCUT2D eigenvalue weighted by molar-refractivity contribution is 6.31. The van der Waals surface area contributed by atoms with Crippen LogP contribution < -0.4 is 20.7 Å². The number of alkyl halides is 3. The van der Waals surface area contributed by atoms with E-state index in [-0.39, 0.29) is 5.69 Å². The predicted molar refractivity (Wildman–Crippen MR) is 107 cm³/mol. The maximum Gasteiger partial charge on any atom is 0.417 e. The lowest BCUT2D eigenvalue weighted by Gasteiger charge is -2.12. The van der Waals surface area contributed by atoms with E-state index in [0.29, 0.717) is 23.1 Å². The molecule has 0 atom stereocenters. The van der Waals surface area contributed by atoms with E-state index in [4.69, 9.17) is 16.3 Å². The molecule has 1 heterocycles. The zero-order chi connectivity index (χ0) is 21.7. The molecule has 0 spiro atoms. The van der Waals surface area contributed by atoms with E-state index in [1.165, 1.54) is 13.2 Å². The van der Waals surface area contributed by atoms with Crippen molar-refractivity contribution in [1.29, 1.82) is 0 Å². The van der Waals surface area contributed by atoms with Gasteiger partial charge in [-0.15, -0.1) is 10.2 Å². The second-order valence-corrected chi connectivity index (χ2v) is 6.34. The van der Waals surface area contributed by atoms with E-state index >= 15 is 0 Å². The van der Waals surface area contributed by atoms with Crippen LogP contribution in [0.2, 0.25) is 5.02 Å². The number of urea groups is 1. The lowest BCUT2D eigenvalue weighted by molar-refractivity contribution is -0.137. The molecule has 0 fully saturated rings. The van der Waals surface area contributed by atoms with Crippen LogP contribution in [-0.4, -0.2) is 23.3 Å². The zero-order valence-electron chi connectivity index (χ0n) is 15.4. The van der Waals surface area contributed by atoms with Crippen LogP contribution in [0, 0.1) is 0 Å². The van der Waals surface area contributed by atoms with Gasteiger partial charge in [-0.3, -0.25) is 0 Å². The average molecular weight is 438 g/mol. The van der Waals surface area contributed by atoms with Crippen molar-refractivity contribution in [3.8, 4) is 5.88 Å². The maximum atomic E-state index is 12.9. The smallest absolute Gasteiger partial charge is 0.417 e. The Hall–Kier alpha value is -3.53. The summed E-state index contributed by atoms with van der Waals surface area (Å²) < 4.78 is 43.7. The van der Waals surface area contributed by atoms with Crippen molar-refractivity contribution < 1.29 is 22.7 Å². The van der Waals surface area contributed by atoms with Gasteiger partial charge < -0.3 is 20.7 Å². The molecule has 11 heteroatoms. The molecular formula is C19H15ClF3N5O2. The van der Waals surface area contributed by atoms with Crippen molar-refractivity contribution in [1.82, 2.24) is 10.2 Å². The Morgan fingerprint density at radius 1 is 0.933 bits per heavy atom. The number of ether oxygens (including phenoxy) is 1. The van der Waals surface area contributed by atoms with Crippen molar-refractivity contribution in [2.75, 3.05) is 23.1 Å². The van der Waals surface area contributed by atoms with Crippen LogP contribution >= 0.6 is 11.6 Å². The topological polar surface area (TPSA) is 88.2 Å². The standard InChI is InChI=1S/C19H15ClF3N5O2/c1-30-17-9-8-16(27-28-17)24-11-2-4-12(5-3-11)25-18(29)26-13-6-7-15(20)14(10-13)19(21,22)23/h2-10H,1H3,(H,24,27)(H2,25,26,29). The molecule has 3 N–H and O–H groups in total. The van der Waals surface area contributed by atoms with Gasteiger partial charge in [0.15, 0.2) is 5.82 Å². The number of benzene rings is 2. The lowest BCUT2D eigenvalue weighted by Crippen LogP contribution is -2.19. The average Bonchev–Trinajstić information content (AvgIpc) is 2.70. The molecule has 0 aliphatic heterocycles. The fourth-order valence-electron chi connectivity index (χ4n) is 2.39. The molecule has 30 heavy (non-hydrogen) atoms. The Bertz CT molecular complexity index is 1030. The molecular weight excluding hydrogens is 423 g/mol. The van der Waals surface area contributed by atoms with Crippen molar-refractivity contribution in [2.45, 2.75) is 6.18 Å². The van der Waals surface area contributed by atoms with Crippen LogP contribution in [0.3, 0.4) is 0 Å². The minimum atomic E-state index is -4.62. The summed E-state index contributed by atoms with van der Waals surface area (Å²) in [6.45, 7) is 0. The predicted octanol–water partition coefficient (Wildman–Crippen LogP) is 5.55. The molecule has 0 radical (unpaired) electrons. The van der Waals surface area contributed by atoms with Gasteiger partial charge in [-0.2, -0.15) is 13.2 Å². The first-order chi connectivity index (χ1) is 14.2. The first-order valence-corrected chi connectivity index (χ1v) is 8.82. The maximum absolute atomic E-state index is 12.9. The van der Waals surface area contributed by atoms with Gasteiger partial charge in [-0.25, -0.2) is 4.79 Å². The normalized spacial score (nSPS) is 11.0. The van der Waals surface area contributed by atoms with Gasteiger partial charge in [0.25, 0.3) is 0 Å². The Balaban J connectivity index is 1.60. The molecule has 0 bridgehead atoms. The number of nitrogens with one attached hydrogen (secondary N) is 3. The fourth-order valence-corrected chi connectivity index (χ4v) is 2.62. The number of carbonyl (C=O) groups is 1. The van der Waals surface area contributed by atoms with Gasteiger partial charge in [-0.1, -0.05) is 11.6 Å². The molecule has 2 amide bonds. The van der Waals surface area contributed by atoms with E-state index in [1.807, 2.05) is 0 Å². The van der Waals surface area contributed by atoms with E-state index in [9.17, 15) is 18.0 Å². The number of amides is 2. The first kappa shape index (κ1) is 21.2. The number of nitrogens with zero attached hydrogens (tertiary/aromatic N) is 2. The quantitative estimate of drug-likeness (QED) is 0.487. The van der Waals surface area contributed by atoms with Gasteiger partial charge in [0.1, 0.15) is 0 Å². The van der Waals surface area contributed by atoms with Crippen molar-refractivity contribution >= 4 is 40.5 Å². The van der Waals surface area contributed by atoms with E-state index < -0.39 is 22.8 Å². The summed E-state index contributed by atoms with van der Waals surface area (Å²) >= 11 is 5.57. The van der Waals surface area contributed by atoms with Crippen LogP contribution in [0.1, 0.15) is 5.56 Å². The van der Waals surface area contributed by atoms with Crippen LogP contribution in [0.4, 0.5) is 40.8 Å². The summed E-state index contributed by atoms with van der Waals surface area (Å²) in [5.74, 6) is 0.881. The Kier molecular flexibility index (Phi) is 6.26. The molecule has 156 valence electrons. The van der Waals surface area contributed by atoms with Crippen LogP contribution in [-0.2, 0) is 6.18 Å². The molecule has 3 rings (SSSR count). The lowest BCUT2D eigenvalue weighted by atomic mass is 10.2. The third-order valence-electron chi connectivity index (χ3n) is 3.79. The number of halogens is 4.